The Kier molecular flexibility index (Phi) is 15.3. The third kappa shape index (κ3) is 12.2. The number of amides is 4. The Hall–Kier alpha value is -5.77. The molecule has 3 N–H and O–H groups in total. The van der Waals surface area contributed by atoms with Crippen LogP contribution in [0.4, 0.5) is 5.69 Å². The van der Waals surface area contributed by atoms with Gasteiger partial charge in [0.2, 0.25) is 23.4 Å². The second kappa shape index (κ2) is 21.9. The largest absolute Gasteiger partial charge is 0.489 e. The van der Waals surface area contributed by atoms with Crippen molar-refractivity contribution in [3.8, 4) is 28.0 Å². The summed E-state index contributed by atoms with van der Waals surface area (Å²) in [7, 11) is 0. The minimum absolute atomic E-state index is 0.0388. The van der Waals surface area contributed by atoms with Gasteiger partial charge < -0.3 is 35.0 Å². The molecule has 0 bridgehead atoms. The van der Waals surface area contributed by atoms with Crippen LogP contribution in [0, 0.1) is 41.6 Å². The van der Waals surface area contributed by atoms with E-state index in [1.54, 1.807) is 59.3 Å². The third-order valence-corrected chi connectivity index (χ3v) is 14.3. The van der Waals surface area contributed by atoms with Crippen molar-refractivity contribution >= 4 is 52.3 Å². The average Bonchev–Trinajstić information content (AvgIpc) is 3.93. The van der Waals surface area contributed by atoms with Crippen LogP contribution in [0.3, 0.4) is 0 Å². The van der Waals surface area contributed by atoms with E-state index in [0.29, 0.717) is 36.3 Å². The van der Waals surface area contributed by atoms with Crippen molar-refractivity contribution < 1.29 is 37.9 Å². The molecule has 2 fully saturated rings. The number of halogens is 1. The molecule has 4 amide bonds. The van der Waals surface area contributed by atoms with E-state index in [2.05, 4.69) is 32.3 Å². The number of aryl methyl sites for hydroxylation is 1. The summed E-state index contributed by atoms with van der Waals surface area (Å²) in [6.07, 6.45) is 0.517. The molecule has 4 aromatic rings. The van der Waals surface area contributed by atoms with Crippen LogP contribution in [0.5, 0.6) is 5.75 Å². The summed E-state index contributed by atoms with van der Waals surface area (Å²) in [5, 5.41) is 16.7. The van der Waals surface area contributed by atoms with Crippen LogP contribution in [0.2, 0.25) is 5.02 Å². The van der Waals surface area contributed by atoms with Crippen LogP contribution in [0.1, 0.15) is 118 Å². The van der Waals surface area contributed by atoms with Crippen molar-refractivity contribution in [2.75, 3.05) is 26.7 Å². The van der Waals surface area contributed by atoms with E-state index in [1.807, 2.05) is 86.6 Å². The van der Waals surface area contributed by atoms with Gasteiger partial charge >= 0.3 is 0 Å². The quantitative estimate of drug-likeness (QED) is 0.0571. The van der Waals surface area contributed by atoms with Gasteiger partial charge in [0.1, 0.15) is 30.5 Å². The average molecular weight is 981 g/mol. The maximum atomic E-state index is 14.1. The Labute approximate surface area is 420 Å². The topological polar surface area (TPSA) is 155 Å². The molecule has 1 saturated heterocycles. The van der Waals surface area contributed by atoms with Gasteiger partial charge in [-0.1, -0.05) is 102 Å². The first kappa shape index (κ1) is 48.3. The number of carbonyl (C=O) groups excluding carboxylic acids is 4. The number of aromatic nitrogens is 1. The normalized spacial score (nSPS) is 20.8. The number of aliphatic hydroxyl groups excluding tert-OH is 1. The Morgan fingerprint density at radius 3 is 2.36 bits per heavy atom. The fraction of sp³-hybridized carbons (Fsp3) is 0.481. The van der Waals surface area contributed by atoms with E-state index in [4.69, 9.17) is 31.8 Å². The molecule has 2 heterocycles. The Bertz CT molecular complexity index is 2710. The molecule has 366 valence electrons. The van der Waals surface area contributed by atoms with E-state index in [1.165, 1.54) is 4.90 Å². The van der Waals surface area contributed by atoms with E-state index in [0.717, 1.165) is 26.6 Å². The number of β-amino-alcohol motifs (C(OH)–C–C–N with tert-alkyl or cyclic N) is 1. The molecule has 1 aromatic heterocycles. The molecular weight excluding hydrogens is 912 g/mol. The lowest BCUT2D eigenvalue weighted by Crippen LogP contribution is -2.74. The highest BCUT2D eigenvalue weighted by Gasteiger charge is 2.65. The van der Waals surface area contributed by atoms with Gasteiger partial charge in [0, 0.05) is 65.1 Å². The van der Waals surface area contributed by atoms with Gasteiger partial charge in [-0.15, -0.1) is 11.3 Å². The molecule has 15 heteroatoms. The summed E-state index contributed by atoms with van der Waals surface area (Å²) in [6, 6.07) is 16.2. The van der Waals surface area contributed by atoms with Gasteiger partial charge in [-0.2, -0.15) is 0 Å². The summed E-state index contributed by atoms with van der Waals surface area (Å²) < 4.78 is 37.3. The van der Waals surface area contributed by atoms with Gasteiger partial charge in [-0.25, -0.2) is 9.83 Å². The minimum Gasteiger partial charge on any atom is -0.489 e. The predicted molar refractivity (Wildman–Crippen MR) is 270 cm³/mol. The molecule has 1 unspecified atom stereocenters. The van der Waals surface area contributed by atoms with Crippen molar-refractivity contribution in [3.63, 3.8) is 0 Å². The number of rotatable bonds is 16. The Balaban J connectivity index is 0.954. The number of thiazole rings is 1. The number of aliphatic hydroxyl groups is 1. The number of benzene rings is 3. The lowest BCUT2D eigenvalue weighted by molar-refractivity contribution is -0.195. The van der Waals surface area contributed by atoms with Gasteiger partial charge in [0.05, 0.1) is 39.8 Å². The maximum absolute atomic E-state index is 14.1. The summed E-state index contributed by atoms with van der Waals surface area (Å²) in [4.78, 5) is 66.0. The van der Waals surface area contributed by atoms with E-state index in [-0.39, 0.29) is 48.7 Å². The standard InChI is InChI=1S/C54H65ClN6O7S/c1-33(36-21-23-37(24-22-36)45-34(2)57-32-69-45)58-47(64)43-28-39(62)30-61(43)49(66)46(52(3,4)5)59-44(63)31-67-27-15-13-12-14-16-35-17-19-38(20-18-35)48(65)60(11)50-53(6,7)51(54(50,8)9)68-40-25-26-42(56-10)41(55)29-40/h17-26,29,32-33,39,43,46,50-51,62H,12-13,15,27-28,30-31H2,1-9,11H3,(H,58,64)(H,59,63)/t33-,39+,43?,46+,50?,51?/m0/s1/i11D3. The molecular formula is C54H65ClN6O7S. The van der Waals surface area contributed by atoms with E-state index >= 15 is 0 Å². The number of nitrogens with one attached hydrogen (secondary N) is 2. The first-order valence-corrected chi connectivity index (χ1v) is 24.4. The lowest BCUT2D eigenvalue weighted by Gasteiger charge is -2.65. The van der Waals surface area contributed by atoms with Crippen molar-refractivity contribution in [1.82, 2.24) is 25.4 Å². The molecule has 1 aliphatic carbocycles. The number of ether oxygens (including phenoxy) is 2. The van der Waals surface area contributed by atoms with Crippen LogP contribution >= 0.6 is 22.9 Å². The monoisotopic (exact) mass is 979 g/mol. The molecule has 1 saturated carbocycles. The van der Waals surface area contributed by atoms with Crippen LogP contribution < -0.4 is 15.4 Å². The molecule has 6 rings (SSSR count). The zero-order valence-corrected chi connectivity index (χ0v) is 42.4. The number of nitrogens with zero attached hydrogens (tertiary/aromatic N) is 4. The molecule has 4 atom stereocenters. The Morgan fingerprint density at radius 2 is 1.75 bits per heavy atom. The van der Waals surface area contributed by atoms with E-state index in [9.17, 15) is 24.3 Å². The van der Waals surface area contributed by atoms with Crippen LogP contribution in [0.25, 0.3) is 15.3 Å². The van der Waals surface area contributed by atoms with Crippen molar-refractivity contribution in [3.05, 3.63) is 111 Å². The molecule has 69 heavy (non-hydrogen) atoms. The fourth-order valence-electron chi connectivity index (χ4n) is 9.78. The second-order valence-corrected chi connectivity index (χ2v) is 21.5. The number of likely N-dealkylation sites (tertiary alicyclic amines) is 1. The number of hydrogen-bond donors (Lipinski definition) is 3. The zero-order valence-electron chi connectivity index (χ0n) is 43.8. The number of unbranched alkanes of at least 4 members (excludes halogenated alkanes) is 2. The SMILES string of the molecule is [2H]C([2H])([2H])N(C(=O)c1ccc(C#CCCCCOCC(=O)N[C@H](C(=O)N2C[C@H](O)CC2C(=O)N[C@@H](C)c2ccc(-c3scnc3C)cc2)C(C)(C)C)cc1)C1C(C)(C)C(Oc2ccc([N+]#[C-])c(Cl)c2)C1(C)C. The highest BCUT2D eigenvalue weighted by atomic mass is 35.5. The smallest absolute Gasteiger partial charge is 0.253 e. The van der Waals surface area contributed by atoms with Crippen molar-refractivity contribution in [1.29, 1.82) is 0 Å². The fourth-order valence-corrected chi connectivity index (χ4v) is 10.8. The maximum Gasteiger partial charge on any atom is 0.253 e. The first-order valence-electron chi connectivity index (χ1n) is 24.7. The summed E-state index contributed by atoms with van der Waals surface area (Å²) >= 11 is 7.82. The molecule has 0 spiro atoms. The number of hydrogen-bond acceptors (Lipinski definition) is 9. The highest BCUT2D eigenvalue weighted by Crippen LogP contribution is 2.58. The minimum atomic E-state index is -2.75. The second-order valence-electron chi connectivity index (χ2n) is 20.2. The summed E-state index contributed by atoms with van der Waals surface area (Å²) in [5.74, 6) is 4.68. The molecule has 2 aliphatic rings. The first-order chi connectivity index (χ1) is 33.7. The molecule has 3 aromatic carbocycles. The predicted octanol–water partition coefficient (Wildman–Crippen LogP) is 9.19. The van der Waals surface area contributed by atoms with Gasteiger partial charge in [-0.05, 0) is 79.6 Å². The van der Waals surface area contributed by atoms with Crippen LogP contribution in [-0.4, -0.2) is 101 Å². The summed E-state index contributed by atoms with van der Waals surface area (Å²) in [6.45, 7) is 21.3. The van der Waals surface area contributed by atoms with E-state index < -0.39 is 71.3 Å². The summed E-state index contributed by atoms with van der Waals surface area (Å²) in [5.41, 5.74) is 3.55. The van der Waals surface area contributed by atoms with Gasteiger partial charge in [0.25, 0.3) is 5.91 Å². The number of carbonyl (C=O) groups is 4. The van der Waals surface area contributed by atoms with Crippen LogP contribution in [-0.2, 0) is 19.1 Å². The molecule has 0 radical (unpaired) electrons. The Morgan fingerprint density at radius 1 is 1.06 bits per heavy atom. The molecule has 1 aliphatic heterocycles. The van der Waals surface area contributed by atoms with Gasteiger partial charge in [-0.3, -0.25) is 19.2 Å². The molecule has 13 nitrogen and oxygen atoms in total. The highest BCUT2D eigenvalue weighted by molar-refractivity contribution is 7.13. The lowest BCUT2D eigenvalue weighted by atomic mass is 9.49. The third-order valence-electron chi connectivity index (χ3n) is 13.0. The zero-order chi connectivity index (χ0) is 52.9. The van der Waals surface area contributed by atoms with Crippen LogP contribution in [0.15, 0.2) is 72.2 Å². The van der Waals surface area contributed by atoms with Gasteiger partial charge in [0.15, 0.2) is 0 Å². The van der Waals surface area contributed by atoms with Crippen molar-refractivity contribution in [2.24, 2.45) is 16.2 Å². The van der Waals surface area contributed by atoms with Crippen molar-refractivity contribution in [2.45, 2.75) is 124 Å².